The van der Waals surface area contributed by atoms with Crippen LogP contribution >= 0.6 is 15.9 Å². The van der Waals surface area contributed by atoms with Crippen LogP contribution in [0.2, 0.25) is 0 Å². The number of rotatable bonds is 2. The maximum Gasteiger partial charge on any atom is 0.127 e. The summed E-state index contributed by atoms with van der Waals surface area (Å²) in [6, 6.07) is 5.14. The van der Waals surface area contributed by atoms with Crippen LogP contribution in [-0.2, 0) is 5.41 Å². The molecule has 0 spiro atoms. The minimum absolute atomic E-state index is 0.117. The van der Waals surface area contributed by atoms with Gasteiger partial charge in [0.1, 0.15) is 5.82 Å². The minimum atomic E-state index is -0.120. The van der Waals surface area contributed by atoms with Gasteiger partial charge in [-0.3, -0.25) is 0 Å². The van der Waals surface area contributed by atoms with Crippen LogP contribution in [0, 0.1) is 5.82 Å². The third kappa shape index (κ3) is 1.95. The van der Waals surface area contributed by atoms with Crippen molar-refractivity contribution in [3.63, 3.8) is 0 Å². The Kier molecular flexibility index (Phi) is 3.12. The molecule has 1 aromatic carbocycles. The maximum atomic E-state index is 13.8. The quantitative estimate of drug-likeness (QED) is 0.877. The minimum Gasteiger partial charge on any atom is -0.330 e. The van der Waals surface area contributed by atoms with Crippen molar-refractivity contribution in [3.8, 4) is 0 Å². The van der Waals surface area contributed by atoms with E-state index in [-0.39, 0.29) is 11.2 Å². The monoisotopic (exact) mass is 271 g/mol. The third-order valence-electron chi connectivity index (χ3n) is 3.45. The largest absolute Gasteiger partial charge is 0.330 e. The Bertz CT molecular complexity index is 359. The Hall–Kier alpha value is -0.410. The molecular weight excluding hydrogens is 257 g/mol. The van der Waals surface area contributed by atoms with Gasteiger partial charge in [-0.05, 0) is 36.6 Å². The fourth-order valence-electron chi connectivity index (χ4n) is 2.54. The second-order valence-electron chi connectivity index (χ2n) is 4.32. The lowest BCUT2D eigenvalue weighted by molar-refractivity contribution is 0.426. The first-order valence-electron chi connectivity index (χ1n) is 5.33. The summed E-state index contributed by atoms with van der Waals surface area (Å²) in [4.78, 5) is 0. The molecule has 1 saturated carbocycles. The molecule has 0 aromatic heterocycles. The SMILES string of the molecule is NCC1(c2cc(Br)ccc2F)CCCC1. The summed E-state index contributed by atoms with van der Waals surface area (Å²) in [7, 11) is 0. The van der Waals surface area contributed by atoms with Gasteiger partial charge in [-0.25, -0.2) is 4.39 Å². The van der Waals surface area contributed by atoms with Gasteiger partial charge < -0.3 is 5.73 Å². The molecule has 3 heteroatoms. The fourth-order valence-corrected chi connectivity index (χ4v) is 2.90. The molecule has 0 aliphatic heterocycles. The van der Waals surface area contributed by atoms with Gasteiger partial charge in [0.15, 0.2) is 0 Å². The number of nitrogens with two attached hydrogens (primary N) is 1. The smallest absolute Gasteiger partial charge is 0.127 e. The van der Waals surface area contributed by atoms with E-state index in [1.54, 1.807) is 6.07 Å². The molecule has 1 aromatic rings. The summed E-state index contributed by atoms with van der Waals surface area (Å²) in [6.07, 6.45) is 4.33. The second-order valence-corrected chi connectivity index (χ2v) is 5.23. The van der Waals surface area contributed by atoms with Crippen molar-refractivity contribution >= 4 is 15.9 Å². The summed E-state index contributed by atoms with van der Waals surface area (Å²) in [5.41, 5.74) is 6.51. The lowest BCUT2D eigenvalue weighted by Gasteiger charge is -2.28. The van der Waals surface area contributed by atoms with Gasteiger partial charge in [0.05, 0.1) is 0 Å². The van der Waals surface area contributed by atoms with Crippen LogP contribution in [0.4, 0.5) is 4.39 Å². The van der Waals surface area contributed by atoms with Gasteiger partial charge in [0.25, 0.3) is 0 Å². The number of hydrogen-bond donors (Lipinski definition) is 1. The summed E-state index contributed by atoms with van der Waals surface area (Å²) in [5, 5.41) is 0. The summed E-state index contributed by atoms with van der Waals surface area (Å²) in [5.74, 6) is -0.120. The van der Waals surface area contributed by atoms with Gasteiger partial charge in [0.2, 0.25) is 0 Å². The van der Waals surface area contributed by atoms with Crippen LogP contribution in [-0.4, -0.2) is 6.54 Å². The lowest BCUT2D eigenvalue weighted by atomic mass is 9.79. The van der Waals surface area contributed by atoms with E-state index in [0.717, 1.165) is 35.7 Å². The van der Waals surface area contributed by atoms with E-state index >= 15 is 0 Å². The number of halogens is 2. The zero-order valence-corrected chi connectivity index (χ0v) is 10.2. The molecule has 0 bridgehead atoms. The van der Waals surface area contributed by atoms with E-state index in [4.69, 9.17) is 5.73 Å². The van der Waals surface area contributed by atoms with Crippen molar-refractivity contribution in [2.45, 2.75) is 31.1 Å². The van der Waals surface area contributed by atoms with Crippen molar-refractivity contribution in [2.24, 2.45) is 5.73 Å². The first-order chi connectivity index (χ1) is 7.18. The first-order valence-corrected chi connectivity index (χ1v) is 6.13. The van der Waals surface area contributed by atoms with Crippen LogP contribution in [0.15, 0.2) is 22.7 Å². The van der Waals surface area contributed by atoms with Gasteiger partial charge in [0, 0.05) is 16.4 Å². The van der Waals surface area contributed by atoms with E-state index in [9.17, 15) is 4.39 Å². The van der Waals surface area contributed by atoms with Crippen molar-refractivity contribution < 1.29 is 4.39 Å². The third-order valence-corrected chi connectivity index (χ3v) is 3.94. The van der Waals surface area contributed by atoms with E-state index < -0.39 is 0 Å². The predicted molar refractivity (Wildman–Crippen MR) is 63.3 cm³/mol. The predicted octanol–water partition coefficient (Wildman–Crippen LogP) is 3.36. The molecule has 0 saturated heterocycles. The Balaban J connectivity index is 2.46. The van der Waals surface area contributed by atoms with E-state index in [0.29, 0.717) is 6.54 Å². The molecule has 0 heterocycles. The Morgan fingerprint density at radius 2 is 2.00 bits per heavy atom. The Morgan fingerprint density at radius 3 is 2.60 bits per heavy atom. The average molecular weight is 272 g/mol. The molecule has 1 fully saturated rings. The molecule has 0 radical (unpaired) electrons. The van der Waals surface area contributed by atoms with Crippen LogP contribution in [0.1, 0.15) is 31.2 Å². The average Bonchev–Trinajstić information content (AvgIpc) is 2.71. The molecule has 1 aliphatic rings. The zero-order valence-electron chi connectivity index (χ0n) is 8.60. The molecular formula is C12H15BrFN. The Labute approximate surface area is 98.0 Å². The van der Waals surface area contributed by atoms with Gasteiger partial charge in [-0.1, -0.05) is 28.8 Å². The molecule has 1 aliphatic carbocycles. The zero-order chi connectivity index (χ0) is 10.9. The highest BCUT2D eigenvalue weighted by molar-refractivity contribution is 9.10. The van der Waals surface area contributed by atoms with Gasteiger partial charge >= 0.3 is 0 Å². The topological polar surface area (TPSA) is 26.0 Å². The molecule has 0 amide bonds. The van der Waals surface area contributed by atoms with E-state index in [2.05, 4.69) is 15.9 Å². The molecule has 82 valence electrons. The van der Waals surface area contributed by atoms with Crippen LogP contribution in [0.5, 0.6) is 0 Å². The molecule has 15 heavy (non-hydrogen) atoms. The maximum absolute atomic E-state index is 13.8. The highest BCUT2D eigenvalue weighted by Crippen LogP contribution is 2.41. The van der Waals surface area contributed by atoms with Crippen LogP contribution in [0.25, 0.3) is 0 Å². The van der Waals surface area contributed by atoms with Crippen molar-refractivity contribution in [3.05, 3.63) is 34.1 Å². The molecule has 0 unspecified atom stereocenters. The second kappa shape index (κ2) is 4.22. The molecule has 1 nitrogen and oxygen atoms in total. The van der Waals surface area contributed by atoms with Crippen LogP contribution < -0.4 is 5.73 Å². The molecule has 0 atom stereocenters. The van der Waals surface area contributed by atoms with Gasteiger partial charge in [-0.2, -0.15) is 0 Å². The van der Waals surface area contributed by atoms with Crippen LogP contribution in [0.3, 0.4) is 0 Å². The first kappa shape index (κ1) is 11.1. The van der Waals surface area contributed by atoms with E-state index in [1.807, 2.05) is 6.07 Å². The fraction of sp³-hybridized carbons (Fsp3) is 0.500. The summed E-state index contributed by atoms with van der Waals surface area (Å²) >= 11 is 3.39. The summed E-state index contributed by atoms with van der Waals surface area (Å²) < 4.78 is 14.7. The molecule has 2 N–H and O–H groups in total. The number of hydrogen-bond acceptors (Lipinski definition) is 1. The highest BCUT2D eigenvalue weighted by Gasteiger charge is 2.36. The van der Waals surface area contributed by atoms with Gasteiger partial charge in [-0.15, -0.1) is 0 Å². The standard InChI is InChI=1S/C12H15BrFN/c13-9-3-4-11(14)10(7-9)12(8-15)5-1-2-6-12/h3-4,7H,1-2,5-6,8,15H2. The van der Waals surface area contributed by atoms with E-state index in [1.165, 1.54) is 6.07 Å². The lowest BCUT2D eigenvalue weighted by Crippen LogP contribution is -2.33. The summed E-state index contributed by atoms with van der Waals surface area (Å²) in [6.45, 7) is 0.542. The normalized spacial score (nSPS) is 19.4. The van der Waals surface area contributed by atoms with Crippen molar-refractivity contribution in [1.82, 2.24) is 0 Å². The number of benzene rings is 1. The molecule has 2 rings (SSSR count). The van der Waals surface area contributed by atoms with Crippen molar-refractivity contribution in [2.75, 3.05) is 6.54 Å². The Morgan fingerprint density at radius 1 is 1.33 bits per heavy atom. The van der Waals surface area contributed by atoms with Crippen molar-refractivity contribution in [1.29, 1.82) is 0 Å². The highest BCUT2D eigenvalue weighted by atomic mass is 79.9.